The molecule has 96 valence electrons. The van der Waals surface area contributed by atoms with E-state index in [0.717, 1.165) is 40.1 Å². The Morgan fingerprint density at radius 2 is 1.89 bits per heavy atom. The number of nitrogens with zero attached hydrogens (tertiary/aromatic N) is 1. The van der Waals surface area contributed by atoms with E-state index in [4.69, 9.17) is 15.2 Å². The summed E-state index contributed by atoms with van der Waals surface area (Å²) in [6.07, 6.45) is 0.793. The molecule has 0 aliphatic carbocycles. The van der Waals surface area contributed by atoms with Crippen LogP contribution in [0.3, 0.4) is 0 Å². The van der Waals surface area contributed by atoms with Crippen LogP contribution in [-0.4, -0.2) is 25.7 Å². The van der Waals surface area contributed by atoms with E-state index in [-0.39, 0.29) is 0 Å². The molecule has 0 unspecified atom stereocenters. The predicted molar refractivity (Wildman–Crippen MR) is 72.3 cm³/mol. The summed E-state index contributed by atoms with van der Waals surface area (Å²) in [6.45, 7) is 2.54. The standard InChI is InChI=1S/C14H18N2O2/c1-9-8-12(18-3)13-10(6-7-15)4-5-11(17-2)14(13)16-9/h4-5,8H,6-7,15H2,1-3H3. The van der Waals surface area contributed by atoms with Crippen molar-refractivity contribution in [1.82, 2.24) is 4.98 Å². The highest BCUT2D eigenvalue weighted by Crippen LogP contribution is 2.34. The average molecular weight is 246 g/mol. The molecular weight excluding hydrogens is 228 g/mol. The molecule has 0 bridgehead atoms. The third kappa shape index (κ3) is 2.11. The van der Waals surface area contributed by atoms with Crippen LogP contribution in [0.1, 0.15) is 11.3 Å². The minimum Gasteiger partial charge on any atom is -0.496 e. The maximum atomic E-state index is 5.65. The SMILES string of the molecule is COc1ccc(CCN)c2c(OC)cc(C)nc12. The summed E-state index contributed by atoms with van der Waals surface area (Å²) in [5, 5.41) is 0.993. The van der Waals surface area contributed by atoms with Crippen molar-refractivity contribution in [3.63, 3.8) is 0 Å². The molecule has 0 fully saturated rings. The smallest absolute Gasteiger partial charge is 0.145 e. The minimum atomic E-state index is 0.596. The van der Waals surface area contributed by atoms with E-state index in [0.29, 0.717) is 6.54 Å². The van der Waals surface area contributed by atoms with Crippen molar-refractivity contribution in [3.05, 3.63) is 29.5 Å². The van der Waals surface area contributed by atoms with Gasteiger partial charge >= 0.3 is 0 Å². The van der Waals surface area contributed by atoms with Crippen molar-refractivity contribution >= 4 is 10.9 Å². The van der Waals surface area contributed by atoms with Crippen LogP contribution in [0, 0.1) is 6.92 Å². The highest BCUT2D eigenvalue weighted by atomic mass is 16.5. The number of hydrogen-bond donors (Lipinski definition) is 1. The van der Waals surface area contributed by atoms with Crippen molar-refractivity contribution in [3.8, 4) is 11.5 Å². The molecule has 2 rings (SSSR count). The second-order valence-electron chi connectivity index (χ2n) is 4.16. The minimum absolute atomic E-state index is 0.596. The Hall–Kier alpha value is -1.81. The number of methoxy groups -OCH3 is 2. The maximum absolute atomic E-state index is 5.65. The maximum Gasteiger partial charge on any atom is 0.145 e. The van der Waals surface area contributed by atoms with Crippen LogP contribution in [0.15, 0.2) is 18.2 Å². The van der Waals surface area contributed by atoms with E-state index in [1.54, 1.807) is 14.2 Å². The topological polar surface area (TPSA) is 57.4 Å². The number of rotatable bonds is 4. The van der Waals surface area contributed by atoms with E-state index < -0.39 is 0 Å². The Bertz CT molecular complexity index is 567. The van der Waals surface area contributed by atoms with Crippen molar-refractivity contribution in [2.45, 2.75) is 13.3 Å². The fraction of sp³-hybridized carbons (Fsp3) is 0.357. The molecule has 1 aromatic heterocycles. The number of pyridine rings is 1. The Kier molecular flexibility index (Phi) is 3.67. The summed E-state index contributed by atoms with van der Waals surface area (Å²) in [4.78, 5) is 4.55. The van der Waals surface area contributed by atoms with Gasteiger partial charge in [0.05, 0.1) is 14.2 Å². The van der Waals surface area contributed by atoms with Crippen LogP contribution in [0.4, 0.5) is 0 Å². The van der Waals surface area contributed by atoms with Crippen molar-refractivity contribution < 1.29 is 9.47 Å². The molecule has 4 heteroatoms. The van der Waals surface area contributed by atoms with Crippen LogP contribution in [0.5, 0.6) is 11.5 Å². The number of aromatic nitrogens is 1. The second kappa shape index (κ2) is 5.23. The van der Waals surface area contributed by atoms with E-state index in [1.165, 1.54) is 0 Å². The number of ether oxygens (including phenoxy) is 2. The highest BCUT2D eigenvalue weighted by molar-refractivity contribution is 5.93. The fourth-order valence-electron chi connectivity index (χ4n) is 2.16. The van der Waals surface area contributed by atoms with Gasteiger partial charge in [0.15, 0.2) is 0 Å². The fourth-order valence-corrected chi connectivity index (χ4v) is 2.16. The Labute approximate surface area is 107 Å². The highest BCUT2D eigenvalue weighted by Gasteiger charge is 2.13. The monoisotopic (exact) mass is 246 g/mol. The Morgan fingerprint density at radius 1 is 1.17 bits per heavy atom. The molecule has 0 amide bonds. The molecule has 18 heavy (non-hydrogen) atoms. The normalized spacial score (nSPS) is 10.7. The molecule has 2 aromatic rings. The van der Waals surface area contributed by atoms with Gasteiger partial charge in [0.25, 0.3) is 0 Å². The number of hydrogen-bond acceptors (Lipinski definition) is 4. The lowest BCUT2D eigenvalue weighted by molar-refractivity contribution is 0.413. The van der Waals surface area contributed by atoms with E-state index in [2.05, 4.69) is 4.98 Å². The van der Waals surface area contributed by atoms with Gasteiger partial charge in [-0.15, -0.1) is 0 Å². The third-order valence-corrected chi connectivity index (χ3v) is 2.96. The summed E-state index contributed by atoms with van der Waals surface area (Å²) in [7, 11) is 3.31. The van der Waals surface area contributed by atoms with Crippen molar-refractivity contribution in [2.75, 3.05) is 20.8 Å². The van der Waals surface area contributed by atoms with Gasteiger partial charge in [0.1, 0.15) is 17.0 Å². The van der Waals surface area contributed by atoms with Gasteiger partial charge in [0.2, 0.25) is 0 Å². The van der Waals surface area contributed by atoms with Gasteiger partial charge in [-0.2, -0.15) is 0 Å². The van der Waals surface area contributed by atoms with E-state index in [1.807, 2.05) is 25.1 Å². The molecule has 0 aliphatic heterocycles. The lowest BCUT2D eigenvalue weighted by Gasteiger charge is -2.13. The predicted octanol–water partition coefficient (Wildman–Crippen LogP) is 2.06. The van der Waals surface area contributed by atoms with Crippen LogP contribution in [0.25, 0.3) is 10.9 Å². The average Bonchev–Trinajstić information content (AvgIpc) is 2.38. The number of nitrogens with two attached hydrogens (primary N) is 1. The first kappa shape index (κ1) is 12.6. The first-order valence-corrected chi connectivity index (χ1v) is 5.92. The molecule has 4 nitrogen and oxygen atoms in total. The molecule has 0 atom stereocenters. The van der Waals surface area contributed by atoms with Gasteiger partial charge < -0.3 is 15.2 Å². The number of benzene rings is 1. The van der Waals surface area contributed by atoms with Gasteiger partial charge in [0, 0.05) is 17.1 Å². The van der Waals surface area contributed by atoms with E-state index in [9.17, 15) is 0 Å². The molecule has 1 aromatic carbocycles. The summed E-state index contributed by atoms with van der Waals surface area (Å²) in [6, 6.07) is 5.88. The molecule has 0 spiro atoms. The van der Waals surface area contributed by atoms with E-state index >= 15 is 0 Å². The summed E-state index contributed by atoms with van der Waals surface area (Å²) in [5.74, 6) is 1.58. The zero-order valence-corrected chi connectivity index (χ0v) is 11.0. The van der Waals surface area contributed by atoms with Crippen LogP contribution >= 0.6 is 0 Å². The quantitative estimate of drug-likeness (QED) is 0.897. The molecule has 1 heterocycles. The van der Waals surface area contributed by atoms with Crippen LogP contribution in [0.2, 0.25) is 0 Å². The van der Waals surface area contributed by atoms with Crippen molar-refractivity contribution in [1.29, 1.82) is 0 Å². The zero-order chi connectivity index (χ0) is 13.1. The Morgan fingerprint density at radius 3 is 2.50 bits per heavy atom. The van der Waals surface area contributed by atoms with Crippen LogP contribution < -0.4 is 15.2 Å². The number of aryl methyl sites for hydroxylation is 1. The molecule has 0 radical (unpaired) electrons. The lowest BCUT2D eigenvalue weighted by atomic mass is 10.0. The molecule has 0 saturated heterocycles. The summed E-state index contributed by atoms with van der Waals surface area (Å²) in [5.41, 5.74) is 8.53. The summed E-state index contributed by atoms with van der Waals surface area (Å²) < 4.78 is 10.8. The third-order valence-electron chi connectivity index (χ3n) is 2.96. The van der Waals surface area contributed by atoms with Gasteiger partial charge in [-0.3, -0.25) is 0 Å². The van der Waals surface area contributed by atoms with Gasteiger partial charge in [-0.05, 0) is 31.5 Å². The molecule has 0 saturated carbocycles. The summed E-state index contributed by atoms with van der Waals surface area (Å²) >= 11 is 0. The largest absolute Gasteiger partial charge is 0.496 e. The molecule has 2 N–H and O–H groups in total. The zero-order valence-electron chi connectivity index (χ0n) is 11.0. The number of fused-ring (bicyclic) bond motifs is 1. The Balaban J connectivity index is 2.81. The van der Waals surface area contributed by atoms with Crippen molar-refractivity contribution in [2.24, 2.45) is 5.73 Å². The molecular formula is C14H18N2O2. The first-order chi connectivity index (χ1) is 8.71. The van der Waals surface area contributed by atoms with Gasteiger partial charge in [-0.25, -0.2) is 4.98 Å². The lowest BCUT2D eigenvalue weighted by Crippen LogP contribution is -2.05. The molecule has 0 aliphatic rings. The first-order valence-electron chi connectivity index (χ1n) is 5.92. The van der Waals surface area contributed by atoms with Crippen LogP contribution in [-0.2, 0) is 6.42 Å². The van der Waals surface area contributed by atoms with Gasteiger partial charge in [-0.1, -0.05) is 6.07 Å². The second-order valence-corrected chi connectivity index (χ2v) is 4.16.